The van der Waals surface area contributed by atoms with Crippen LogP contribution in [0.15, 0.2) is 42.6 Å². The highest BCUT2D eigenvalue weighted by molar-refractivity contribution is 5.89. The summed E-state index contributed by atoms with van der Waals surface area (Å²) in [5.74, 6) is 0.501. The van der Waals surface area contributed by atoms with Gasteiger partial charge in [0.15, 0.2) is 0 Å². The van der Waals surface area contributed by atoms with Crippen molar-refractivity contribution in [2.45, 2.75) is 31.8 Å². The van der Waals surface area contributed by atoms with E-state index < -0.39 is 0 Å². The van der Waals surface area contributed by atoms with Crippen LogP contribution in [0.4, 0.5) is 0 Å². The molecule has 0 saturated heterocycles. The van der Waals surface area contributed by atoms with E-state index in [1.807, 2.05) is 0 Å². The molecule has 110 valence electrons. The van der Waals surface area contributed by atoms with Crippen molar-refractivity contribution in [1.82, 2.24) is 9.88 Å². The number of aromatic amines is 1. The number of benzene rings is 2. The molecule has 2 aromatic carbocycles. The predicted octanol–water partition coefficient (Wildman–Crippen LogP) is 3.98. The van der Waals surface area contributed by atoms with Gasteiger partial charge in [-0.05, 0) is 48.7 Å². The first-order chi connectivity index (χ1) is 10.7. The van der Waals surface area contributed by atoms with E-state index in [4.69, 9.17) is 0 Å². The van der Waals surface area contributed by atoms with Crippen LogP contribution in [0.5, 0.6) is 0 Å². The Morgan fingerprint density at radius 2 is 2.00 bits per heavy atom. The van der Waals surface area contributed by atoms with E-state index in [0.717, 1.165) is 13.0 Å². The zero-order chi connectivity index (χ0) is 14.8. The molecule has 2 atom stereocenters. The van der Waals surface area contributed by atoms with Crippen molar-refractivity contribution in [1.29, 1.82) is 0 Å². The SMILES string of the molecule is Cc1ccc2c(c1)[C@@H]1c3cccc4[nH]cc(c34)C[C@H]1N(C)C2. The van der Waals surface area contributed by atoms with E-state index in [0.29, 0.717) is 12.0 Å². The van der Waals surface area contributed by atoms with Gasteiger partial charge in [0.25, 0.3) is 0 Å². The molecule has 22 heavy (non-hydrogen) atoms. The van der Waals surface area contributed by atoms with E-state index in [1.54, 1.807) is 5.56 Å². The topological polar surface area (TPSA) is 19.0 Å². The molecule has 0 amide bonds. The molecule has 3 aromatic rings. The molecule has 1 aliphatic carbocycles. The predicted molar refractivity (Wildman–Crippen MR) is 90.3 cm³/mol. The van der Waals surface area contributed by atoms with Crippen LogP contribution in [0.1, 0.15) is 33.7 Å². The number of hydrogen-bond donors (Lipinski definition) is 1. The maximum Gasteiger partial charge on any atom is 0.0459 e. The molecule has 2 nitrogen and oxygen atoms in total. The molecule has 0 bridgehead atoms. The molecule has 2 heteroatoms. The third kappa shape index (κ3) is 1.53. The maximum atomic E-state index is 3.46. The zero-order valence-corrected chi connectivity index (χ0v) is 13.1. The average Bonchev–Trinajstić information content (AvgIpc) is 2.93. The fraction of sp³-hybridized carbons (Fsp3) is 0.300. The Morgan fingerprint density at radius 3 is 2.91 bits per heavy atom. The van der Waals surface area contributed by atoms with Gasteiger partial charge in [0, 0.05) is 35.6 Å². The van der Waals surface area contributed by atoms with Gasteiger partial charge in [0.1, 0.15) is 0 Å². The van der Waals surface area contributed by atoms with Crippen LogP contribution in [0.25, 0.3) is 10.9 Å². The smallest absolute Gasteiger partial charge is 0.0459 e. The lowest BCUT2D eigenvalue weighted by molar-refractivity contribution is 0.193. The van der Waals surface area contributed by atoms with Crippen molar-refractivity contribution in [2.24, 2.45) is 0 Å². The number of likely N-dealkylation sites (N-methyl/N-ethyl adjacent to an activating group) is 1. The van der Waals surface area contributed by atoms with E-state index >= 15 is 0 Å². The highest BCUT2D eigenvalue weighted by Gasteiger charge is 2.38. The monoisotopic (exact) mass is 288 g/mol. The van der Waals surface area contributed by atoms with E-state index in [9.17, 15) is 0 Å². The van der Waals surface area contributed by atoms with Crippen molar-refractivity contribution in [3.8, 4) is 0 Å². The molecule has 5 rings (SSSR count). The van der Waals surface area contributed by atoms with Crippen molar-refractivity contribution in [3.63, 3.8) is 0 Å². The molecule has 0 unspecified atom stereocenters. The van der Waals surface area contributed by atoms with Gasteiger partial charge < -0.3 is 4.98 Å². The second kappa shape index (κ2) is 4.23. The van der Waals surface area contributed by atoms with Crippen molar-refractivity contribution < 1.29 is 0 Å². The summed E-state index contributed by atoms with van der Waals surface area (Å²) >= 11 is 0. The van der Waals surface area contributed by atoms with E-state index in [-0.39, 0.29) is 0 Å². The number of aromatic nitrogens is 1. The second-order valence-electron chi connectivity index (χ2n) is 6.95. The molecule has 2 heterocycles. The van der Waals surface area contributed by atoms with Gasteiger partial charge in [0.05, 0.1) is 0 Å². The second-order valence-corrected chi connectivity index (χ2v) is 6.95. The lowest BCUT2D eigenvalue weighted by atomic mass is 9.72. The summed E-state index contributed by atoms with van der Waals surface area (Å²) < 4.78 is 0. The number of H-pyrrole nitrogens is 1. The summed E-state index contributed by atoms with van der Waals surface area (Å²) in [6, 6.07) is 14.3. The third-order valence-corrected chi connectivity index (χ3v) is 5.59. The first kappa shape index (κ1) is 12.5. The minimum absolute atomic E-state index is 0.501. The molecular formula is C20H20N2. The first-order valence-electron chi connectivity index (χ1n) is 8.11. The Labute approximate surface area is 130 Å². The number of nitrogens with zero attached hydrogens (tertiary/aromatic N) is 1. The van der Waals surface area contributed by atoms with Gasteiger partial charge >= 0.3 is 0 Å². The molecule has 0 spiro atoms. The van der Waals surface area contributed by atoms with Crippen molar-refractivity contribution in [3.05, 3.63) is 70.4 Å². The zero-order valence-electron chi connectivity index (χ0n) is 13.1. The molecule has 1 aliphatic heterocycles. The minimum Gasteiger partial charge on any atom is -0.361 e. The quantitative estimate of drug-likeness (QED) is 0.663. The summed E-state index contributed by atoms with van der Waals surface area (Å²) in [6.07, 6.45) is 3.36. The largest absolute Gasteiger partial charge is 0.361 e. The Balaban J connectivity index is 1.83. The van der Waals surface area contributed by atoms with Gasteiger partial charge in [-0.15, -0.1) is 0 Å². The van der Waals surface area contributed by atoms with Gasteiger partial charge in [-0.25, -0.2) is 0 Å². The molecule has 0 radical (unpaired) electrons. The summed E-state index contributed by atoms with van der Waals surface area (Å²) in [5.41, 5.74) is 8.67. The normalized spacial score (nSPS) is 23.4. The molecule has 0 saturated carbocycles. The summed E-state index contributed by atoms with van der Waals surface area (Å²) in [5, 5.41) is 1.46. The van der Waals surface area contributed by atoms with Crippen molar-refractivity contribution >= 4 is 10.9 Å². The third-order valence-electron chi connectivity index (χ3n) is 5.59. The molecule has 0 fully saturated rings. The number of nitrogens with one attached hydrogen (secondary N) is 1. The molecule has 2 aliphatic rings. The highest BCUT2D eigenvalue weighted by Crippen LogP contribution is 2.45. The Kier molecular flexibility index (Phi) is 2.40. The number of fused-ring (bicyclic) bond motifs is 4. The minimum atomic E-state index is 0.501. The van der Waals surface area contributed by atoms with Crippen LogP contribution in [0, 0.1) is 6.92 Å². The van der Waals surface area contributed by atoms with Crippen LogP contribution in [0.2, 0.25) is 0 Å². The standard InChI is InChI=1S/C20H20N2/c1-12-6-7-13-11-22(2)18-9-14-10-21-17-5-3-4-15(19(14)17)20(18)16(13)8-12/h3-8,10,18,20-21H,9,11H2,1-2H3/t18-,20+/m1/s1. The van der Waals surface area contributed by atoms with Crippen LogP contribution in [-0.4, -0.2) is 23.0 Å². The maximum absolute atomic E-state index is 3.46. The van der Waals surface area contributed by atoms with Crippen LogP contribution >= 0.6 is 0 Å². The Bertz CT molecular complexity index is 890. The summed E-state index contributed by atoms with van der Waals surface area (Å²) in [4.78, 5) is 6.00. The lowest BCUT2D eigenvalue weighted by Gasteiger charge is -2.43. The van der Waals surface area contributed by atoms with Gasteiger partial charge in [-0.2, -0.15) is 0 Å². The van der Waals surface area contributed by atoms with Crippen LogP contribution in [-0.2, 0) is 13.0 Å². The fourth-order valence-corrected chi connectivity index (χ4v) is 4.58. The Morgan fingerprint density at radius 1 is 1.09 bits per heavy atom. The van der Waals surface area contributed by atoms with Gasteiger partial charge in [-0.3, -0.25) is 4.90 Å². The Hall–Kier alpha value is -2.06. The fourth-order valence-electron chi connectivity index (χ4n) is 4.58. The van der Waals surface area contributed by atoms with Gasteiger partial charge in [0.2, 0.25) is 0 Å². The summed E-state index contributed by atoms with van der Waals surface area (Å²) in [6.45, 7) is 3.27. The average molecular weight is 288 g/mol. The van der Waals surface area contributed by atoms with Crippen LogP contribution < -0.4 is 0 Å². The van der Waals surface area contributed by atoms with E-state index in [2.05, 4.69) is 66.5 Å². The first-order valence-corrected chi connectivity index (χ1v) is 8.11. The van der Waals surface area contributed by atoms with Crippen LogP contribution in [0.3, 0.4) is 0 Å². The van der Waals surface area contributed by atoms with Crippen molar-refractivity contribution in [2.75, 3.05) is 7.05 Å². The molecule has 1 aromatic heterocycles. The highest BCUT2D eigenvalue weighted by atomic mass is 15.1. The van der Waals surface area contributed by atoms with Gasteiger partial charge in [-0.1, -0.05) is 35.9 Å². The number of hydrogen-bond acceptors (Lipinski definition) is 1. The number of rotatable bonds is 0. The van der Waals surface area contributed by atoms with E-state index in [1.165, 1.54) is 33.2 Å². The molecular weight excluding hydrogens is 268 g/mol. The summed E-state index contributed by atoms with van der Waals surface area (Å²) in [7, 11) is 2.28. The molecule has 1 N–H and O–H groups in total. The lowest BCUT2D eigenvalue weighted by Crippen LogP contribution is -2.44. The number of aryl methyl sites for hydroxylation is 1.